The highest BCUT2D eigenvalue weighted by atomic mass is 16.5. The first-order chi connectivity index (χ1) is 4.81. The fourth-order valence-corrected chi connectivity index (χ4v) is 0.507. The van der Waals surface area contributed by atoms with Gasteiger partial charge in [0.2, 0.25) is 0 Å². The summed E-state index contributed by atoms with van der Waals surface area (Å²) in [6, 6.07) is 0. The molecule has 0 unspecified atom stereocenters. The number of aldehydes is 1. The Hall–Kier alpha value is -1.05. The molecule has 0 atom stereocenters. The van der Waals surface area contributed by atoms with Gasteiger partial charge >= 0.3 is 0 Å². The molecule has 10 heavy (non-hydrogen) atoms. The molecular formula is C8H12O2. The molecule has 2 heteroatoms. The third kappa shape index (κ3) is 5.09. The van der Waals surface area contributed by atoms with Crippen LogP contribution in [0.5, 0.6) is 0 Å². The summed E-state index contributed by atoms with van der Waals surface area (Å²) < 4.78 is 4.84. The molecular weight excluding hydrogens is 128 g/mol. The molecule has 0 rings (SSSR count). The molecule has 0 fully saturated rings. The zero-order valence-electron chi connectivity index (χ0n) is 6.01. The van der Waals surface area contributed by atoms with E-state index in [1.54, 1.807) is 0 Å². The van der Waals surface area contributed by atoms with E-state index in [2.05, 4.69) is 13.2 Å². The predicted octanol–water partition coefficient (Wildman–Crippen LogP) is 1.68. The fraction of sp³-hybridized carbons (Fsp3) is 0.375. The van der Waals surface area contributed by atoms with Crippen LogP contribution in [0.25, 0.3) is 0 Å². The first kappa shape index (κ1) is 8.95. The third-order valence-electron chi connectivity index (χ3n) is 1.06. The number of hydrogen-bond donors (Lipinski definition) is 0. The zero-order valence-corrected chi connectivity index (χ0v) is 6.01. The van der Waals surface area contributed by atoms with E-state index in [4.69, 9.17) is 4.74 Å². The second kappa shape index (κ2) is 6.08. The SMILES string of the molecule is C=COCCC(=C)CC=O. The van der Waals surface area contributed by atoms with Gasteiger partial charge in [-0.25, -0.2) is 0 Å². The lowest BCUT2D eigenvalue weighted by Gasteiger charge is -1.99. The van der Waals surface area contributed by atoms with E-state index >= 15 is 0 Å². The Morgan fingerprint density at radius 3 is 2.80 bits per heavy atom. The van der Waals surface area contributed by atoms with E-state index in [-0.39, 0.29) is 0 Å². The number of rotatable bonds is 6. The van der Waals surface area contributed by atoms with Crippen LogP contribution in [-0.2, 0) is 9.53 Å². The molecule has 0 saturated carbocycles. The van der Waals surface area contributed by atoms with Crippen LogP contribution in [0.4, 0.5) is 0 Å². The van der Waals surface area contributed by atoms with Gasteiger partial charge in [-0.1, -0.05) is 18.7 Å². The van der Waals surface area contributed by atoms with Crippen LogP contribution >= 0.6 is 0 Å². The van der Waals surface area contributed by atoms with Crippen molar-refractivity contribution in [3.63, 3.8) is 0 Å². The van der Waals surface area contributed by atoms with Crippen LogP contribution in [0.3, 0.4) is 0 Å². The minimum absolute atomic E-state index is 0.431. The van der Waals surface area contributed by atoms with Crippen LogP contribution in [-0.4, -0.2) is 12.9 Å². The topological polar surface area (TPSA) is 26.3 Å². The van der Waals surface area contributed by atoms with Gasteiger partial charge in [0.05, 0.1) is 12.9 Å². The molecule has 0 aromatic carbocycles. The average Bonchev–Trinajstić information content (AvgIpc) is 1.89. The predicted molar refractivity (Wildman–Crippen MR) is 40.6 cm³/mol. The molecule has 2 nitrogen and oxygen atoms in total. The van der Waals surface area contributed by atoms with Crippen LogP contribution < -0.4 is 0 Å². The first-order valence-electron chi connectivity index (χ1n) is 3.14. The summed E-state index contributed by atoms with van der Waals surface area (Å²) in [7, 11) is 0. The van der Waals surface area contributed by atoms with Crippen LogP contribution in [0, 0.1) is 0 Å². The van der Waals surface area contributed by atoms with E-state index in [1.165, 1.54) is 6.26 Å². The quantitative estimate of drug-likeness (QED) is 0.243. The van der Waals surface area contributed by atoms with Gasteiger partial charge in [0, 0.05) is 12.8 Å². The van der Waals surface area contributed by atoms with E-state index in [0.29, 0.717) is 13.0 Å². The van der Waals surface area contributed by atoms with Gasteiger partial charge in [0.1, 0.15) is 6.29 Å². The van der Waals surface area contributed by atoms with Crippen molar-refractivity contribution in [2.75, 3.05) is 6.61 Å². The lowest BCUT2D eigenvalue weighted by molar-refractivity contribution is -0.107. The molecule has 0 aliphatic heterocycles. The van der Waals surface area contributed by atoms with Crippen molar-refractivity contribution < 1.29 is 9.53 Å². The van der Waals surface area contributed by atoms with Crippen molar-refractivity contribution in [1.82, 2.24) is 0 Å². The molecule has 0 aliphatic rings. The molecule has 0 bridgehead atoms. The standard InChI is InChI=1S/C8H12O2/c1-3-10-7-5-8(2)4-6-9/h3,6H,1-2,4-5,7H2. The van der Waals surface area contributed by atoms with Crippen molar-refractivity contribution in [1.29, 1.82) is 0 Å². The maximum absolute atomic E-state index is 9.93. The van der Waals surface area contributed by atoms with Gasteiger partial charge in [-0.2, -0.15) is 0 Å². The molecule has 0 spiro atoms. The maximum atomic E-state index is 9.93. The Labute approximate surface area is 61.2 Å². The molecule has 0 N–H and O–H groups in total. The second-order valence-corrected chi connectivity index (χ2v) is 1.91. The van der Waals surface area contributed by atoms with Gasteiger partial charge < -0.3 is 9.53 Å². The number of carbonyl (C=O) groups is 1. The Morgan fingerprint density at radius 2 is 2.30 bits per heavy atom. The summed E-state index contributed by atoms with van der Waals surface area (Å²) >= 11 is 0. The molecule has 0 saturated heterocycles. The largest absolute Gasteiger partial charge is 0.501 e. The molecule has 56 valence electrons. The normalized spacial score (nSPS) is 8.40. The van der Waals surface area contributed by atoms with Crippen molar-refractivity contribution in [3.05, 3.63) is 25.0 Å². The van der Waals surface area contributed by atoms with E-state index in [0.717, 1.165) is 18.3 Å². The summed E-state index contributed by atoms with van der Waals surface area (Å²) in [5.41, 5.74) is 0.900. The smallest absolute Gasteiger partial charge is 0.124 e. The highest BCUT2D eigenvalue weighted by molar-refractivity contribution is 5.53. The van der Waals surface area contributed by atoms with Crippen molar-refractivity contribution in [2.24, 2.45) is 0 Å². The molecule has 0 heterocycles. The fourth-order valence-electron chi connectivity index (χ4n) is 0.507. The summed E-state index contributed by atoms with van der Waals surface area (Å²) in [6.07, 6.45) is 3.38. The van der Waals surface area contributed by atoms with Crippen molar-refractivity contribution in [3.8, 4) is 0 Å². The molecule has 0 aliphatic carbocycles. The highest BCUT2D eigenvalue weighted by Crippen LogP contribution is 2.00. The number of carbonyl (C=O) groups excluding carboxylic acids is 1. The van der Waals surface area contributed by atoms with Crippen LogP contribution in [0.1, 0.15) is 12.8 Å². The Morgan fingerprint density at radius 1 is 1.60 bits per heavy atom. The lowest BCUT2D eigenvalue weighted by atomic mass is 10.2. The summed E-state index contributed by atoms with van der Waals surface area (Å²) in [6.45, 7) is 7.62. The highest BCUT2D eigenvalue weighted by Gasteiger charge is 1.91. The van der Waals surface area contributed by atoms with Crippen molar-refractivity contribution in [2.45, 2.75) is 12.8 Å². The second-order valence-electron chi connectivity index (χ2n) is 1.91. The van der Waals surface area contributed by atoms with Gasteiger partial charge in [-0.3, -0.25) is 0 Å². The number of hydrogen-bond acceptors (Lipinski definition) is 2. The Bertz CT molecular complexity index is 127. The van der Waals surface area contributed by atoms with E-state index < -0.39 is 0 Å². The monoisotopic (exact) mass is 140 g/mol. The van der Waals surface area contributed by atoms with E-state index in [9.17, 15) is 4.79 Å². The summed E-state index contributed by atoms with van der Waals surface area (Å²) in [5, 5.41) is 0. The molecule has 0 amide bonds. The summed E-state index contributed by atoms with van der Waals surface area (Å²) in [5.74, 6) is 0. The van der Waals surface area contributed by atoms with Crippen LogP contribution in [0.15, 0.2) is 25.0 Å². The molecule has 0 aromatic heterocycles. The number of ether oxygens (including phenoxy) is 1. The van der Waals surface area contributed by atoms with Gasteiger partial charge in [0.15, 0.2) is 0 Å². The molecule has 0 aromatic rings. The third-order valence-corrected chi connectivity index (χ3v) is 1.06. The van der Waals surface area contributed by atoms with Gasteiger partial charge in [-0.05, 0) is 0 Å². The Balaban J connectivity index is 3.20. The maximum Gasteiger partial charge on any atom is 0.124 e. The minimum atomic E-state index is 0.431. The van der Waals surface area contributed by atoms with Gasteiger partial charge in [0.25, 0.3) is 0 Å². The van der Waals surface area contributed by atoms with Crippen LogP contribution in [0.2, 0.25) is 0 Å². The zero-order chi connectivity index (χ0) is 7.82. The average molecular weight is 140 g/mol. The molecule has 0 radical (unpaired) electrons. The van der Waals surface area contributed by atoms with Crippen molar-refractivity contribution >= 4 is 6.29 Å². The van der Waals surface area contributed by atoms with Gasteiger partial charge in [-0.15, -0.1) is 0 Å². The minimum Gasteiger partial charge on any atom is -0.501 e. The lowest BCUT2D eigenvalue weighted by Crippen LogP contribution is -1.90. The first-order valence-corrected chi connectivity index (χ1v) is 3.14. The Kier molecular flexibility index (Phi) is 5.44. The summed E-state index contributed by atoms with van der Waals surface area (Å²) in [4.78, 5) is 9.93. The van der Waals surface area contributed by atoms with E-state index in [1.807, 2.05) is 0 Å².